The summed E-state index contributed by atoms with van der Waals surface area (Å²) >= 11 is 8.07. The van der Waals surface area contributed by atoms with Gasteiger partial charge in [0, 0.05) is 28.6 Å². The third-order valence-electron chi connectivity index (χ3n) is 5.31. The van der Waals surface area contributed by atoms with Gasteiger partial charge in [0.25, 0.3) is 0 Å². The molecule has 1 aromatic carbocycles. The third-order valence-corrected chi connectivity index (χ3v) is 6.04. The number of hydrogen-bond acceptors (Lipinski definition) is 7. The number of amides is 3. The molecule has 0 aliphatic rings. The minimum atomic E-state index is -1.23. The van der Waals surface area contributed by atoms with Gasteiger partial charge in [-0.1, -0.05) is 32.0 Å². The molecular weight excluding hydrogens is 478 g/mol. The number of hydrogen-bond donors (Lipinski definition) is 8. The number of carboxylic acids is 1. The third kappa shape index (κ3) is 7.15. The molecule has 0 saturated heterocycles. The van der Waals surface area contributed by atoms with Gasteiger partial charge in [0.05, 0.1) is 6.04 Å². The molecule has 2 aromatic rings. The summed E-state index contributed by atoms with van der Waals surface area (Å²) in [5, 5.41) is 17.6. The fourth-order valence-corrected chi connectivity index (χ4v) is 3.84. The second-order valence-electron chi connectivity index (χ2n) is 8.23. The van der Waals surface area contributed by atoms with E-state index >= 15 is 0 Å². The highest BCUT2D eigenvalue weighted by molar-refractivity contribution is 7.80. The van der Waals surface area contributed by atoms with E-state index in [1.807, 2.05) is 24.3 Å². The van der Waals surface area contributed by atoms with Crippen LogP contribution in [0.4, 0.5) is 0 Å². The summed E-state index contributed by atoms with van der Waals surface area (Å²) in [5.41, 5.74) is 7.89. The maximum absolute atomic E-state index is 12.8. The van der Waals surface area contributed by atoms with Gasteiger partial charge in [-0.05, 0) is 24.0 Å². The molecular formula is C22H31N5O5S2. The number of benzene rings is 1. The average molecular weight is 510 g/mol. The monoisotopic (exact) mass is 509 g/mol. The number of fused-ring (bicyclic) bond motifs is 1. The molecule has 7 N–H and O–H groups in total. The predicted octanol–water partition coefficient (Wildman–Crippen LogP) is 0.0923. The van der Waals surface area contributed by atoms with Gasteiger partial charge in [-0.25, -0.2) is 4.79 Å². The Hall–Kier alpha value is -2.70. The van der Waals surface area contributed by atoms with Crippen LogP contribution in [0, 0.1) is 5.92 Å². The van der Waals surface area contributed by atoms with Gasteiger partial charge in [-0.2, -0.15) is 25.3 Å². The number of rotatable bonds is 12. The number of H-pyrrole nitrogens is 1. The van der Waals surface area contributed by atoms with Crippen LogP contribution in [0.25, 0.3) is 10.9 Å². The van der Waals surface area contributed by atoms with Crippen molar-refractivity contribution >= 4 is 59.9 Å². The van der Waals surface area contributed by atoms with Crippen molar-refractivity contribution in [1.29, 1.82) is 0 Å². The molecule has 4 atom stereocenters. The Morgan fingerprint density at radius 2 is 1.59 bits per heavy atom. The molecule has 0 aliphatic heterocycles. The normalized spacial score (nSPS) is 14.8. The maximum atomic E-state index is 12.8. The zero-order valence-corrected chi connectivity index (χ0v) is 20.7. The van der Waals surface area contributed by atoms with E-state index in [-0.39, 0.29) is 23.8 Å². The molecule has 34 heavy (non-hydrogen) atoms. The second-order valence-corrected chi connectivity index (χ2v) is 8.96. The summed E-state index contributed by atoms with van der Waals surface area (Å²) < 4.78 is 0. The lowest BCUT2D eigenvalue weighted by molar-refractivity contribution is -0.141. The van der Waals surface area contributed by atoms with Crippen molar-refractivity contribution in [3.05, 3.63) is 36.0 Å². The smallest absolute Gasteiger partial charge is 0.327 e. The van der Waals surface area contributed by atoms with E-state index in [1.54, 1.807) is 20.0 Å². The SMILES string of the molecule is CC(C)C(NC(=O)C(CS)NC(=O)C(N)Cc1c[nH]c2ccccc12)C(=O)NC(CS)C(=O)O. The van der Waals surface area contributed by atoms with Crippen molar-refractivity contribution in [2.45, 2.75) is 44.4 Å². The van der Waals surface area contributed by atoms with Crippen LogP contribution in [-0.2, 0) is 25.6 Å². The highest BCUT2D eigenvalue weighted by atomic mass is 32.1. The number of aromatic nitrogens is 1. The van der Waals surface area contributed by atoms with Crippen LogP contribution in [0.3, 0.4) is 0 Å². The van der Waals surface area contributed by atoms with Crippen LogP contribution < -0.4 is 21.7 Å². The van der Waals surface area contributed by atoms with Crippen LogP contribution >= 0.6 is 25.3 Å². The summed E-state index contributed by atoms with van der Waals surface area (Å²) in [6.07, 6.45) is 2.05. The van der Waals surface area contributed by atoms with Crippen LogP contribution in [0.2, 0.25) is 0 Å². The van der Waals surface area contributed by atoms with Crippen molar-refractivity contribution in [1.82, 2.24) is 20.9 Å². The van der Waals surface area contributed by atoms with E-state index < -0.39 is 47.9 Å². The summed E-state index contributed by atoms with van der Waals surface area (Å²) in [6.45, 7) is 3.40. The van der Waals surface area contributed by atoms with E-state index in [0.29, 0.717) is 0 Å². The topological polar surface area (TPSA) is 166 Å². The fourth-order valence-electron chi connectivity index (χ4n) is 3.34. The van der Waals surface area contributed by atoms with Gasteiger partial charge < -0.3 is 31.8 Å². The number of para-hydroxylation sites is 1. The molecule has 1 aromatic heterocycles. The number of carbonyl (C=O) groups is 4. The predicted molar refractivity (Wildman–Crippen MR) is 136 cm³/mol. The first-order chi connectivity index (χ1) is 16.1. The molecule has 2 rings (SSSR count). The quantitative estimate of drug-likeness (QED) is 0.189. The van der Waals surface area contributed by atoms with E-state index in [9.17, 15) is 19.2 Å². The number of thiol groups is 2. The molecule has 0 saturated carbocycles. The van der Waals surface area contributed by atoms with Crippen molar-refractivity contribution in [3.8, 4) is 0 Å². The molecule has 0 bridgehead atoms. The van der Waals surface area contributed by atoms with E-state index in [1.165, 1.54) is 0 Å². The zero-order valence-electron chi connectivity index (χ0n) is 18.9. The summed E-state index contributed by atoms with van der Waals surface area (Å²) in [7, 11) is 0. The number of aromatic amines is 1. The molecule has 0 fully saturated rings. The van der Waals surface area contributed by atoms with Gasteiger partial charge in [-0.15, -0.1) is 0 Å². The molecule has 0 radical (unpaired) electrons. The largest absolute Gasteiger partial charge is 0.480 e. The van der Waals surface area contributed by atoms with Crippen LogP contribution in [0.15, 0.2) is 30.5 Å². The molecule has 0 aliphatic carbocycles. The Balaban J connectivity index is 2.01. The first-order valence-corrected chi connectivity index (χ1v) is 12.0. The van der Waals surface area contributed by atoms with E-state index in [2.05, 4.69) is 46.2 Å². The van der Waals surface area contributed by atoms with Crippen LogP contribution in [0.5, 0.6) is 0 Å². The summed E-state index contributed by atoms with van der Waals surface area (Å²) in [5.74, 6) is -3.55. The number of carboxylic acid groups (broad SMARTS) is 1. The summed E-state index contributed by atoms with van der Waals surface area (Å²) in [4.78, 5) is 52.4. The van der Waals surface area contributed by atoms with Crippen molar-refractivity contribution in [2.24, 2.45) is 11.7 Å². The molecule has 12 heteroatoms. The van der Waals surface area contributed by atoms with Crippen molar-refractivity contribution < 1.29 is 24.3 Å². The van der Waals surface area contributed by atoms with E-state index in [0.717, 1.165) is 16.5 Å². The van der Waals surface area contributed by atoms with Gasteiger partial charge >= 0.3 is 5.97 Å². The Morgan fingerprint density at radius 3 is 2.18 bits per heavy atom. The zero-order chi connectivity index (χ0) is 25.4. The minimum Gasteiger partial charge on any atom is -0.480 e. The summed E-state index contributed by atoms with van der Waals surface area (Å²) in [6, 6.07) is 3.46. The second kappa shape index (κ2) is 12.7. The number of nitrogens with two attached hydrogens (primary N) is 1. The first-order valence-electron chi connectivity index (χ1n) is 10.7. The molecule has 186 valence electrons. The lowest BCUT2D eigenvalue weighted by Crippen LogP contribution is -2.59. The molecule has 1 heterocycles. The Labute approximate surface area is 208 Å². The Kier molecular flexibility index (Phi) is 10.3. The Morgan fingerprint density at radius 1 is 0.971 bits per heavy atom. The van der Waals surface area contributed by atoms with Crippen LogP contribution in [0.1, 0.15) is 19.4 Å². The lowest BCUT2D eigenvalue weighted by atomic mass is 10.0. The van der Waals surface area contributed by atoms with E-state index in [4.69, 9.17) is 10.8 Å². The molecule has 3 amide bonds. The van der Waals surface area contributed by atoms with Crippen LogP contribution in [-0.4, -0.2) is 69.5 Å². The van der Waals surface area contributed by atoms with Gasteiger partial charge in [0.15, 0.2) is 0 Å². The first kappa shape index (κ1) is 27.5. The molecule has 0 spiro atoms. The standard InChI is InChI=1S/C22H31N5O5S2/c1-11(2)18(21(30)26-17(10-34)22(31)32)27-20(29)16(9-33)25-19(28)14(23)7-12-8-24-15-6-4-3-5-13(12)15/h3-6,8,11,14,16-18,24,33-34H,7,9-10,23H2,1-2H3,(H,25,28)(H,26,30)(H,27,29)(H,31,32). The van der Waals surface area contributed by atoms with Crippen molar-refractivity contribution in [3.63, 3.8) is 0 Å². The number of aliphatic carboxylic acids is 1. The highest BCUT2D eigenvalue weighted by Crippen LogP contribution is 2.18. The number of nitrogens with one attached hydrogen (secondary N) is 4. The molecule has 10 nitrogen and oxygen atoms in total. The number of carbonyl (C=O) groups excluding carboxylic acids is 3. The van der Waals surface area contributed by atoms with Crippen molar-refractivity contribution in [2.75, 3.05) is 11.5 Å². The maximum Gasteiger partial charge on any atom is 0.327 e. The molecule has 4 unspecified atom stereocenters. The fraction of sp³-hybridized carbons (Fsp3) is 0.455. The Bertz CT molecular complexity index is 1030. The van der Waals surface area contributed by atoms with Gasteiger partial charge in [0.1, 0.15) is 18.1 Å². The average Bonchev–Trinajstić information content (AvgIpc) is 3.21. The lowest BCUT2D eigenvalue weighted by Gasteiger charge is -2.26. The van der Waals surface area contributed by atoms with Gasteiger partial charge in [-0.3, -0.25) is 14.4 Å². The minimum absolute atomic E-state index is 0.0296. The van der Waals surface area contributed by atoms with Gasteiger partial charge in [0.2, 0.25) is 17.7 Å². The highest BCUT2D eigenvalue weighted by Gasteiger charge is 2.31.